The maximum absolute atomic E-state index is 12.2. The van der Waals surface area contributed by atoms with E-state index in [1.54, 1.807) is 19.1 Å². The Bertz CT molecular complexity index is 581. The first-order valence-corrected chi connectivity index (χ1v) is 5.48. The first kappa shape index (κ1) is 13.1. The van der Waals surface area contributed by atoms with Crippen molar-refractivity contribution in [3.05, 3.63) is 47.9 Å². The number of alkyl halides is 2. The van der Waals surface area contributed by atoms with Crippen molar-refractivity contribution in [1.82, 2.24) is 0 Å². The third-order valence-electron chi connectivity index (χ3n) is 2.32. The lowest BCUT2D eigenvalue weighted by Gasteiger charge is -2.10. The van der Waals surface area contributed by atoms with Gasteiger partial charge in [0, 0.05) is 0 Å². The van der Waals surface area contributed by atoms with Gasteiger partial charge >= 0.3 is 6.61 Å². The highest BCUT2D eigenvalue weighted by Gasteiger charge is 2.14. The molecular formula is C13H11F2NO3. The molecule has 0 radical (unpaired) electrons. The van der Waals surface area contributed by atoms with Gasteiger partial charge in [0.05, 0.1) is 5.69 Å². The molecule has 4 nitrogen and oxygen atoms in total. The minimum Gasteiger partial charge on any atom is -0.456 e. The fourth-order valence-electron chi connectivity index (χ4n) is 1.51. The van der Waals surface area contributed by atoms with E-state index in [0.29, 0.717) is 5.76 Å². The number of ether oxygens (including phenoxy) is 1. The fourth-order valence-corrected chi connectivity index (χ4v) is 1.51. The van der Waals surface area contributed by atoms with E-state index < -0.39 is 12.5 Å². The molecule has 0 aliphatic carbocycles. The van der Waals surface area contributed by atoms with Crippen LogP contribution >= 0.6 is 0 Å². The SMILES string of the molecule is Cc1ccc(C(=O)Nc2ccccc2OC(F)F)o1. The highest BCUT2D eigenvalue weighted by molar-refractivity contribution is 6.03. The van der Waals surface area contributed by atoms with Crippen LogP contribution in [0.4, 0.5) is 14.5 Å². The summed E-state index contributed by atoms with van der Waals surface area (Å²) in [6.45, 7) is -1.26. The number of benzene rings is 1. The molecule has 1 heterocycles. The summed E-state index contributed by atoms with van der Waals surface area (Å²) in [6, 6.07) is 9.07. The van der Waals surface area contributed by atoms with Crippen molar-refractivity contribution in [2.75, 3.05) is 5.32 Å². The molecule has 0 saturated carbocycles. The number of hydrogen-bond donors (Lipinski definition) is 1. The van der Waals surface area contributed by atoms with Crippen LogP contribution in [-0.2, 0) is 0 Å². The molecular weight excluding hydrogens is 256 g/mol. The third kappa shape index (κ3) is 3.31. The third-order valence-corrected chi connectivity index (χ3v) is 2.32. The highest BCUT2D eigenvalue weighted by Crippen LogP contribution is 2.26. The molecule has 0 fully saturated rings. The van der Waals surface area contributed by atoms with Crippen LogP contribution in [0.5, 0.6) is 5.75 Å². The second kappa shape index (κ2) is 5.51. The van der Waals surface area contributed by atoms with Crippen LogP contribution in [0.1, 0.15) is 16.3 Å². The highest BCUT2D eigenvalue weighted by atomic mass is 19.3. The number of furan rings is 1. The van der Waals surface area contributed by atoms with Gasteiger partial charge in [-0.25, -0.2) is 0 Å². The van der Waals surface area contributed by atoms with Gasteiger partial charge in [-0.05, 0) is 31.2 Å². The number of nitrogens with one attached hydrogen (secondary N) is 1. The average Bonchev–Trinajstić information content (AvgIpc) is 2.78. The zero-order valence-corrected chi connectivity index (χ0v) is 10.0. The summed E-state index contributed by atoms with van der Waals surface area (Å²) in [6.07, 6.45) is 0. The number of amides is 1. The lowest BCUT2D eigenvalue weighted by Crippen LogP contribution is -2.13. The van der Waals surface area contributed by atoms with Gasteiger partial charge in [-0.15, -0.1) is 0 Å². The largest absolute Gasteiger partial charge is 0.456 e. The van der Waals surface area contributed by atoms with E-state index in [-0.39, 0.29) is 17.2 Å². The molecule has 1 aromatic heterocycles. The number of anilines is 1. The molecule has 1 amide bonds. The van der Waals surface area contributed by atoms with Crippen LogP contribution in [0.15, 0.2) is 40.8 Å². The van der Waals surface area contributed by atoms with Crippen LogP contribution < -0.4 is 10.1 Å². The van der Waals surface area contributed by atoms with Gasteiger partial charge in [0.25, 0.3) is 5.91 Å². The lowest BCUT2D eigenvalue weighted by molar-refractivity contribution is -0.0493. The zero-order valence-electron chi connectivity index (χ0n) is 10.0. The van der Waals surface area contributed by atoms with E-state index in [2.05, 4.69) is 10.1 Å². The number of rotatable bonds is 4. The van der Waals surface area contributed by atoms with Crippen molar-refractivity contribution in [3.63, 3.8) is 0 Å². The number of carbonyl (C=O) groups excluding carboxylic acids is 1. The zero-order chi connectivity index (χ0) is 13.8. The number of halogens is 2. The summed E-state index contributed by atoms with van der Waals surface area (Å²) in [4.78, 5) is 11.8. The molecule has 0 spiro atoms. The monoisotopic (exact) mass is 267 g/mol. The van der Waals surface area contributed by atoms with E-state index in [0.717, 1.165) is 0 Å². The van der Waals surface area contributed by atoms with Gasteiger partial charge in [0.15, 0.2) is 5.76 Å². The predicted octanol–water partition coefficient (Wildman–Crippen LogP) is 3.44. The van der Waals surface area contributed by atoms with Crippen LogP contribution in [0.25, 0.3) is 0 Å². The van der Waals surface area contributed by atoms with Crippen molar-refractivity contribution >= 4 is 11.6 Å². The fraction of sp³-hybridized carbons (Fsp3) is 0.154. The number of hydrogen-bond acceptors (Lipinski definition) is 3. The van der Waals surface area contributed by atoms with E-state index in [1.807, 2.05) is 0 Å². The second-order valence-corrected chi connectivity index (χ2v) is 3.74. The Morgan fingerprint density at radius 2 is 2.00 bits per heavy atom. The van der Waals surface area contributed by atoms with Crippen LogP contribution in [0, 0.1) is 6.92 Å². The van der Waals surface area contributed by atoms with Gasteiger partial charge in [-0.2, -0.15) is 8.78 Å². The van der Waals surface area contributed by atoms with Crippen molar-refractivity contribution < 1.29 is 22.7 Å². The lowest BCUT2D eigenvalue weighted by atomic mass is 10.3. The first-order valence-electron chi connectivity index (χ1n) is 5.48. The molecule has 0 saturated heterocycles. The molecule has 0 aliphatic rings. The summed E-state index contributed by atoms with van der Waals surface area (Å²) in [5, 5.41) is 2.45. The second-order valence-electron chi connectivity index (χ2n) is 3.74. The molecule has 0 atom stereocenters. The molecule has 2 rings (SSSR count). The Labute approximate surface area is 108 Å². The summed E-state index contributed by atoms with van der Waals surface area (Å²) >= 11 is 0. The summed E-state index contributed by atoms with van der Waals surface area (Å²) in [5.41, 5.74) is 0.154. The van der Waals surface area contributed by atoms with Crippen LogP contribution in [0.2, 0.25) is 0 Å². The maximum Gasteiger partial charge on any atom is 0.387 e. The summed E-state index contributed by atoms with van der Waals surface area (Å²) in [5.74, 6) is 0.0548. The van der Waals surface area contributed by atoms with Crippen molar-refractivity contribution in [2.45, 2.75) is 13.5 Å². The smallest absolute Gasteiger partial charge is 0.387 e. The normalized spacial score (nSPS) is 10.5. The minimum absolute atomic E-state index is 0.101. The molecule has 1 aromatic carbocycles. The van der Waals surface area contributed by atoms with Crippen molar-refractivity contribution in [2.24, 2.45) is 0 Å². The topological polar surface area (TPSA) is 51.5 Å². The molecule has 0 unspecified atom stereocenters. The Hall–Kier alpha value is -2.37. The molecule has 100 valence electrons. The summed E-state index contributed by atoms with van der Waals surface area (Å²) in [7, 11) is 0. The van der Waals surface area contributed by atoms with Crippen LogP contribution in [-0.4, -0.2) is 12.5 Å². The molecule has 1 N–H and O–H groups in total. The van der Waals surface area contributed by atoms with Crippen molar-refractivity contribution in [3.8, 4) is 5.75 Å². The first-order chi connectivity index (χ1) is 9.06. The predicted molar refractivity (Wildman–Crippen MR) is 64.5 cm³/mol. The quantitative estimate of drug-likeness (QED) is 0.923. The van der Waals surface area contributed by atoms with Gasteiger partial charge in [-0.1, -0.05) is 12.1 Å². The van der Waals surface area contributed by atoms with Crippen molar-refractivity contribution in [1.29, 1.82) is 0 Å². The molecule has 0 aliphatic heterocycles. The number of para-hydroxylation sites is 2. The van der Waals surface area contributed by atoms with Gasteiger partial charge in [0.2, 0.25) is 0 Å². The Morgan fingerprint density at radius 1 is 1.26 bits per heavy atom. The van der Waals surface area contributed by atoms with Gasteiger partial charge in [-0.3, -0.25) is 4.79 Å². The Morgan fingerprint density at radius 3 is 2.63 bits per heavy atom. The van der Waals surface area contributed by atoms with Crippen LogP contribution in [0.3, 0.4) is 0 Å². The average molecular weight is 267 g/mol. The maximum atomic E-state index is 12.2. The van der Waals surface area contributed by atoms with E-state index in [1.165, 1.54) is 24.3 Å². The number of aryl methyl sites for hydroxylation is 1. The Kier molecular flexibility index (Phi) is 3.79. The van der Waals surface area contributed by atoms with Gasteiger partial charge in [0.1, 0.15) is 11.5 Å². The standard InChI is InChI=1S/C13H11F2NO3/c1-8-6-7-11(18-8)12(17)16-9-4-2-3-5-10(9)19-13(14)15/h2-7,13H,1H3,(H,16,17). The molecule has 0 bridgehead atoms. The molecule has 6 heteroatoms. The minimum atomic E-state index is -2.95. The molecule has 2 aromatic rings. The molecule has 19 heavy (non-hydrogen) atoms. The van der Waals surface area contributed by atoms with E-state index >= 15 is 0 Å². The van der Waals surface area contributed by atoms with E-state index in [4.69, 9.17) is 4.42 Å². The van der Waals surface area contributed by atoms with E-state index in [9.17, 15) is 13.6 Å². The van der Waals surface area contributed by atoms with Gasteiger partial charge < -0.3 is 14.5 Å². The number of carbonyl (C=O) groups is 1. The summed E-state index contributed by atoms with van der Waals surface area (Å²) < 4.78 is 33.9. The Balaban J connectivity index is 2.16.